The fraction of sp³-hybridized carbons (Fsp3) is 1.00. The molecule has 0 aromatic carbocycles. The average Bonchev–Trinajstić information content (AvgIpc) is 2.67. The van der Waals surface area contributed by atoms with Gasteiger partial charge in [-0.2, -0.15) is 0 Å². The molecule has 0 aromatic heterocycles. The predicted molar refractivity (Wildman–Crippen MR) is 85.1 cm³/mol. The van der Waals surface area contributed by atoms with Crippen molar-refractivity contribution in [2.24, 2.45) is 0 Å². The van der Waals surface area contributed by atoms with E-state index in [0.29, 0.717) is 0 Å². The summed E-state index contributed by atoms with van der Waals surface area (Å²) in [7, 11) is 2.33. The molecule has 3 saturated heterocycles. The van der Waals surface area contributed by atoms with Gasteiger partial charge in [-0.25, -0.2) is 0 Å². The Kier molecular flexibility index (Phi) is 5.00. The third-order valence-corrected chi connectivity index (χ3v) is 6.09. The highest BCUT2D eigenvalue weighted by molar-refractivity contribution is 4.95. The van der Waals surface area contributed by atoms with Gasteiger partial charge in [0, 0.05) is 24.2 Å². The van der Waals surface area contributed by atoms with Crippen LogP contribution in [0.2, 0.25) is 0 Å². The minimum Gasteiger partial charge on any atom is -0.314 e. The molecule has 3 unspecified atom stereocenters. The molecule has 3 fully saturated rings. The first-order chi connectivity index (χ1) is 9.74. The van der Waals surface area contributed by atoms with Gasteiger partial charge in [0.25, 0.3) is 0 Å². The van der Waals surface area contributed by atoms with Gasteiger partial charge in [-0.05, 0) is 78.6 Å². The summed E-state index contributed by atoms with van der Waals surface area (Å²) in [6, 6.07) is 3.35. The Bertz CT molecular complexity index is 293. The zero-order valence-corrected chi connectivity index (χ0v) is 13.5. The van der Waals surface area contributed by atoms with Gasteiger partial charge in [0.2, 0.25) is 0 Å². The first-order valence-corrected chi connectivity index (χ1v) is 8.93. The van der Waals surface area contributed by atoms with Crippen molar-refractivity contribution in [1.29, 1.82) is 0 Å². The van der Waals surface area contributed by atoms with E-state index >= 15 is 0 Å². The first-order valence-electron chi connectivity index (χ1n) is 8.93. The van der Waals surface area contributed by atoms with E-state index < -0.39 is 0 Å². The molecule has 1 N–H and O–H groups in total. The summed E-state index contributed by atoms with van der Waals surface area (Å²) in [6.45, 7) is 6.26. The number of fused-ring (bicyclic) bond motifs is 2. The van der Waals surface area contributed by atoms with Crippen LogP contribution in [-0.4, -0.2) is 60.6 Å². The molecule has 116 valence electrons. The van der Waals surface area contributed by atoms with Crippen LogP contribution in [0.1, 0.15) is 58.3 Å². The topological polar surface area (TPSA) is 18.5 Å². The molecule has 0 saturated carbocycles. The molecular weight excluding hydrogens is 246 g/mol. The van der Waals surface area contributed by atoms with Gasteiger partial charge in [-0.3, -0.25) is 0 Å². The Morgan fingerprint density at radius 3 is 2.50 bits per heavy atom. The van der Waals surface area contributed by atoms with Crippen molar-refractivity contribution in [3.8, 4) is 0 Å². The molecule has 3 aliphatic rings. The summed E-state index contributed by atoms with van der Waals surface area (Å²) in [4.78, 5) is 5.33. The number of nitrogens with one attached hydrogen (secondary N) is 1. The second-order valence-electron chi connectivity index (χ2n) is 7.41. The first kappa shape index (κ1) is 14.8. The third kappa shape index (κ3) is 3.37. The van der Waals surface area contributed by atoms with E-state index in [4.69, 9.17) is 0 Å². The Balaban J connectivity index is 1.32. The van der Waals surface area contributed by atoms with Crippen molar-refractivity contribution in [2.45, 2.75) is 82.5 Å². The summed E-state index contributed by atoms with van der Waals surface area (Å²) >= 11 is 0. The lowest BCUT2D eigenvalue weighted by molar-refractivity contribution is 0.142. The van der Waals surface area contributed by atoms with Gasteiger partial charge in [0.1, 0.15) is 0 Å². The smallest absolute Gasteiger partial charge is 0.0111 e. The summed E-state index contributed by atoms with van der Waals surface area (Å²) in [5.41, 5.74) is 0. The van der Waals surface area contributed by atoms with Crippen LogP contribution in [0, 0.1) is 0 Å². The molecule has 0 aliphatic carbocycles. The van der Waals surface area contributed by atoms with Gasteiger partial charge in [0.15, 0.2) is 0 Å². The average molecular weight is 279 g/mol. The van der Waals surface area contributed by atoms with E-state index in [9.17, 15) is 0 Å². The molecule has 0 aromatic rings. The highest BCUT2D eigenvalue weighted by Crippen LogP contribution is 2.34. The van der Waals surface area contributed by atoms with Crippen molar-refractivity contribution in [1.82, 2.24) is 15.1 Å². The van der Waals surface area contributed by atoms with Crippen molar-refractivity contribution in [2.75, 3.05) is 26.7 Å². The number of rotatable bonds is 5. The molecule has 20 heavy (non-hydrogen) atoms. The number of hydrogen-bond acceptors (Lipinski definition) is 3. The maximum absolute atomic E-state index is 3.84. The molecule has 3 heteroatoms. The number of nitrogens with zero attached hydrogens (tertiary/aromatic N) is 2. The van der Waals surface area contributed by atoms with Crippen molar-refractivity contribution >= 4 is 0 Å². The van der Waals surface area contributed by atoms with Gasteiger partial charge < -0.3 is 15.1 Å². The Morgan fingerprint density at radius 2 is 1.80 bits per heavy atom. The minimum atomic E-state index is 0.794. The van der Waals surface area contributed by atoms with Crippen molar-refractivity contribution in [3.63, 3.8) is 0 Å². The molecule has 3 atom stereocenters. The molecule has 3 heterocycles. The van der Waals surface area contributed by atoms with E-state index in [1.807, 2.05) is 0 Å². The lowest BCUT2D eigenvalue weighted by Gasteiger charge is -2.37. The Hall–Kier alpha value is -0.120. The van der Waals surface area contributed by atoms with Crippen LogP contribution in [0.15, 0.2) is 0 Å². The standard InChI is InChI=1S/C17H33N3/c1-14-6-3-4-10-20(14)11-5-9-18-15-12-16-7-8-17(13-15)19(16)2/h14-18H,3-13H2,1-2H3. The Labute approximate surface area is 125 Å². The van der Waals surface area contributed by atoms with Gasteiger partial charge in [-0.15, -0.1) is 0 Å². The zero-order valence-electron chi connectivity index (χ0n) is 13.5. The van der Waals surface area contributed by atoms with Gasteiger partial charge in [0.05, 0.1) is 0 Å². The van der Waals surface area contributed by atoms with Crippen LogP contribution < -0.4 is 5.32 Å². The van der Waals surface area contributed by atoms with E-state index in [0.717, 1.165) is 24.2 Å². The van der Waals surface area contributed by atoms with E-state index in [1.165, 1.54) is 71.0 Å². The predicted octanol–water partition coefficient (Wildman–Crippen LogP) is 2.47. The van der Waals surface area contributed by atoms with E-state index in [1.54, 1.807) is 0 Å². The SMILES string of the molecule is CC1CCCCN1CCCNC1CC2CCC(C1)N2C. The fourth-order valence-corrected chi connectivity index (χ4v) is 4.66. The molecule has 0 spiro atoms. The summed E-state index contributed by atoms with van der Waals surface area (Å²) in [5.74, 6) is 0. The van der Waals surface area contributed by atoms with Crippen molar-refractivity contribution in [3.05, 3.63) is 0 Å². The fourth-order valence-electron chi connectivity index (χ4n) is 4.66. The molecule has 3 aliphatic heterocycles. The maximum Gasteiger partial charge on any atom is 0.0111 e. The Morgan fingerprint density at radius 1 is 1.05 bits per heavy atom. The van der Waals surface area contributed by atoms with Crippen LogP contribution in [0.5, 0.6) is 0 Å². The zero-order chi connectivity index (χ0) is 13.9. The molecule has 3 rings (SSSR count). The normalized spacial score (nSPS) is 39.3. The van der Waals surface area contributed by atoms with Crippen molar-refractivity contribution < 1.29 is 0 Å². The second-order valence-corrected chi connectivity index (χ2v) is 7.41. The lowest BCUT2D eigenvalue weighted by atomic mass is 9.98. The van der Waals surface area contributed by atoms with Crippen LogP contribution >= 0.6 is 0 Å². The number of likely N-dealkylation sites (tertiary alicyclic amines) is 1. The molecule has 0 radical (unpaired) electrons. The van der Waals surface area contributed by atoms with Crippen LogP contribution in [0.3, 0.4) is 0 Å². The summed E-state index contributed by atoms with van der Waals surface area (Å²) in [6.07, 6.45) is 11.2. The molecule has 2 bridgehead atoms. The third-order valence-electron chi connectivity index (χ3n) is 6.09. The summed E-state index contributed by atoms with van der Waals surface area (Å²) < 4.78 is 0. The van der Waals surface area contributed by atoms with Crippen LogP contribution in [-0.2, 0) is 0 Å². The largest absolute Gasteiger partial charge is 0.314 e. The lowest BCUT2D eigenvalue weighted by Crippen LogP contribution is -2.47. The highest BCUT2D eigenvalue weighted by atomic mass is 15.2. The van der Waals surface area contributed by atoms with Crippen LogP contribution in [0.25, 0.3) is 0 Å². The van der Waals surface area contributed by atoms with Gasteiger partial charge in [-0.1, -0.05) is 6.42 Å². The van der Waals surface area contributed by atoms with Gasteiger partial charge >= 0.3 is 0 Å². The number of hydrogen-bond donors (Lipinski definition) is 1. The van der Waals surface area contributed by atoms with Crippen LogP contribution in [0.4, 0.5) is 0 Å². The van der Waals surface area contributed by atoms with E-state index in [-0.39, 0.29) is 0 Å². The van der Waals surface area contributed by atoms with E-state index in [2.05, 4.69) is 29.1 Å². The molecular formula is C17H33N3. The highest BCUT2D eigenvalue weighted by Gasteiger charge is 2.37. The minimum absolute atomic E-state index is 0.794. The second kappa shape index (κ2) is 6.76. The molecule has 3 nitrogen and oxygen atoms in total. The molecule has 0 amide bonds. The number of piperidine rings is 2. The summed E-state index contributed by atoms with van der Waals surface area (Å²) in [5, 5.41) is 3.84. The monoisotopic (exact) mass is 279 g/mol. The maximum atomic E-state index is 3.84. The quantitative estimate of drug-likeness (QED) is 0.780.